The average molecular weight is 278 g/mol. The van der Waals surface area contributed by atoms with Gasteiger partial charge in [-0.2, -0.15) is 0 Å². The van der Waals surface area contributed by atoms with Crippen LogP contribution in [0.3, 0.4) is 0 Å². The highest BCUT2D eigenvalue weighted by atomic mass is 16.3. The lowest BCUT2D eigenvalue weighted by Gasteiger charge is -2.09. The van der Waals surface area contributed by atoms with Crippen LogP contribution in [0.15, 0.2) is 24.3 Å². The minimum atomic E-state index is -0.957. The molecule has 7 heteroatoms. The molecule has 2 rings (SSSR count). The summed E-state index contributed by atoms with van der Waals surface area (Å²) < 4.78 is 0. The molecule has 6 N–H and O–H groups in total. The third kappa shape index (κ3) is 2.01. The summed E-state index contributed by atoms with van der Waals surface area (Å²) >= 11 is 0. The van der Waals surface area contributed by atoms with Crippen molar-refractivity contribution in [3.8, 4) is 34.5 Å². The van der Waals surface area contributed by atoms with E-state index in [2.05, 4.69) is 0 Å². The Morgan fingerprint density at radius 1 is 0.700 bits per heavy atom. The number of carbonyl (C=O) groups is 1. The molecule has 0 atom stereocenters. The normalized spacial score (nSPS) is 10.4. The van der Waals surface area contributed by atoms with Crippen LogP contribution in [-0.2, 0) is 0 Å². The zero-order chi connectivity index (χ0) is 15.0. The van der Waals surface area contributed by atoms with Gasteiger partial charge < -0.3 is 30.6 Å². The SMILES string of the molecule is O=C(c1cc(O)cc(O)c1O)c1ccc(O)c(O)c1O. The molecule has 0 saturated carbocycles. The van der Waals surface area contributed by atoms with Crippen LogP contribution in [-0.4, -0.2) is 36.4 Å². The molecule has 0 bridgehead atoms. The van der Waals surface area contributed by atoms with Crippen LogP contribution in [0.4, 0.5) is 0 Å². The largest absolute Gasteiger partial charge is 0.508 e. The van der Waals surface area contributed by atoms with Crippen molar-refractivity contribution in [2.45, 2.75) is 0 Å². The van der Waals surface area contributed by atoms with Gasteiger partial charge in [-0.05, 0) is 18.2 Å². The van der Waals surface area contributed by atoms with Crippen molar-refractivity contribution < 1.29 is 35.4 Å². The van der Waals surface area contributed by atoms with E-state index < -0.39 is 51.4 Å². The molecule has 0 aliphatic carbocycles. The minimum Gasteiger partial charge on any atom is -0.508 e. The van der Waals surface area contributed by atoms with Crippen molar-refractivity contribution in [3.63, 3.8) is 0 Å². The molecular weight excluding hydrogens is 268 g/mol. The van der Waals surface area contributed by atoms with Gasteiger partial charge in [0.2, 0.25) is 11.5 Å². The number of phenols is 6. The Morgan fingerprint density at radius 3 is 2.00 bits per heavy atom. The Morgan fingerprint density at radius 2 is 1.35 bits per heavy atom. The van der Waals surface area contributed by atoms with Crippen molar-refractivity contribution in [1.82, 2.24) is 0 Å². The quantitative estimate of drug-likeness (QED) is 0.275. The Bertz CT molecular complexity index is 706. The van der Waals surface area contributed by atoms with Crippen LogP contribution < -0.4 is 0 Å². The lowest BCUT2D eigenvalue weighted by molar-refractivity contribution is 0.103. The summed E-state index contributed by atoms with van der Waals surface area (Å²) in [5, 5.41) is 56.3. The molecule has 7 nitrogen and oxygen atoms in total. The monoisotopic (exact) mass is 278 g/mol. The van der Waals surface area contributed by atoms with Crippen molar-refractivity contribution in [2.75, 3.05) is 0 Å². The second kappa shape index (κ2) is 4.54. The predicted molar refractivity (Wildman–Crippen MR) is 66.3 cm³/mol. The van der Waals surface area contributed by atoms with E-state index in [1.807, 2.05) is 0 Å². The van der Waals surface area contributed by atoms with Gasteiger partial charge in [0.1, 0.15) is 5.75 Å². The highest BCUT2D eigenvalue weighted by molar-refractivity contribution is 6.13. The lowest BCUT2D eigenvalue weighted by atomic mass is 10.00. The van der Waals surface area contributed by atoms with Gasteiger partial charge in [0, 0.05) is 6.07 Å². The molecule has 0 heterocycles. The van der Waals surface area contributed by atoms with Gasteiger partial charge >= 0.3 is 0 Å². The summed E-state index contributed by atoms with van der Waals surface area (Å²) in [5.74, 6) is -5.30. The molecular formula is C13H10O7. The Labute approximate surface area is 112 Å². The molecule has 2 aromatic rings. The van der Waals surface area contributed by atoms with Crippen molar-refractivity contribution in [2.24, 2.45) is 0 Å². The van der Waals surface area contributed by atoms with E-state index in [9.17, 15) is 30.3 Å². The van der Waals surface area contributed by atoms with E-state index in [0.29, 0.717) is 0 Å². The molecule has 0 unspecified atom stereocenters. The Balaban J connectivity index is 2.61. The van der Waals surface area contributed by atoms with Gasteiger partial charge in [0.25, 0.3) is 0 Å². The van der Waals surface area contributed by atoms with Crippen LogP contribution >= 0.6 is 0 Å². The van der Waals surface area contributed by atoms with Gasteiger partial charge in [-0.15, -0.1) is 0 Å². The predicted octanol–water partition coefficient (Wildman–Crippen LogP) is 1.15. The standard InChI is InChI=1S/C13H10O7/c14-5-3-7(11(18)9(16)4-5)10(17)6-1-2-8(15)13(20)12(6)19/h1-4,14-16,18-20H. The maximum Gasteiger partial charge on any atom is 0.201 e. The number of aromatic hydroxyl groups is 6. The molecule has 0 amide bonds. The molecule has 0 aliphatic heterocycles. The van der Waals surface area contributed by atoms with E-state index in [4.69, 9.17) is 5.11 Å². The van der Waals surface area contributed by atoms with E-state index in [1.54, 1.807) is 0 Å². The zero-order valence-corrected chi connectivity index (χ0v) is 9.90. The summed E-state index contributed by atoms with van der Waals surface area (Å²) in [5.41, 5.74) is -0.886. The van der Waals surface area contributed by atoms with E-state index in [1.165, 1.54) is 0 Å². The van der Waals surface area contributed by atoms with E-state index >= 15 is 0 Å². The Kier molecular flexibility index (Phi) is 3.03. The number of hydrogen-bond acceptors (Lipinski definition) is 7. The van der Waals surface area contributed by atoms with Gasteiger partial charge in [0.15, 0.2) is 23.0 Å². The summed E-state index contributed by atoms with van der Waals surface area (Å²) in [4.78, 5) is 12.1. The fraction of sp³-hybridized carbons (Fsp3) is 0. The number of benzene rings is 2. The second-order valence-corrected chi connectivity index (χ2v) is 4.02. The second-order valence-electron chi connectivity index (χ2n) is 4.02. The molecule has 2 aromatic carbocycles. The van der Waals surface area contributed by atoms with E-state index in [-0.39, 0.29) is 0 Å². The fourth-order valence-corrected chi connectivity index (χ4v) is 1.67. The number of ketones is 1. The van der Waals surface area contributed by atoms with Crippen molar-refractivity contribution in [1.29, 1.82) is 0 Å². The number of carbonyl (C=O) groups excluding carboxylic acids is 1. The van der Waals surface area contributed by atoms with Crippen LogP contribution in [0, 0.1) is 0 Å². The molecule has 0 aliphatic rings. The first kappa shape index (κ1) is 13.3. The first-order chi connectivity index (χ1) is 9.32. The number of rotatable bonds is 2. The molecule has 0 aromatic heterocycles. The summed E-state index contributed by atoms with van der Waals surface area (Å²) in [6.07, 6.45) is 0. The van der Waals surface area contributed by atoms with Crippen molar-refractivity contribution >= 4 is 5.78 Å². The molecule has 104 valence electrons. The van der Waals surface area contributed by atoms with E-state index in [0.717, 1.165) is 24.3 Å². The number of hydrogen-bond donors (Lipinski definition) is 6. The summed E-state index contributed by atoms with van der Waals surface area (Å²) in [6.45, 7) is 0. The number of phenolic OH excluding ortho intramolecular Hbond substituents is 6. The van der Waals surface area contributed by atoms with Crippen LogP contribution in [0.25, 0.3) is 0 Å². The topological polar surface area (TPSA) is 138 Å². The fourth-order valence-electron chi connectivity index (χ4n) is 1.67. The maximum absolute atomic E-state index is 12.1. The molecule has 0 radical (unpaired) electrons. The summed E-state index contributed by atoms with van der Waals surface area (Å²) in [6, 6.07) is 3.72. The first-order valence-electron chi connectivity index (χ1n) is 5.36. The third-order valence-electron chi connectivity index (χ3n) is 2.69. The molecule has 20 heavy (non-hydrogen) atoms. The first-order valence-corrected chi connectivity index (χ1v) is 5.36. The highest BCUT2D eigenvalue weighted by Gasteiger charge is 2.23. The van der Waals surface area contributed by atoms with Gasteiger partial charge in [-0.1, -0.05) is 0 Å². The van der Waals surface area contributed by atoms with Gasteiger partial charge in [-0.25, -0.2) is 0 Å². The lowest BCUT2D eigenvalue weighted by Crippen LogP contribution is -2.02. The molecule has 0 fully saturated rings. The highest BCUT2D eigenvalue weighted by Crippen LogP contribution is 2.40. The summed E-state index contributed by atoms with van der Waals surface area (Å²) in [7, 11) is 0. The zero-order valence-electron chi connectivity index (χ0n) is 9.90. The smallest absolute Gasteiger partial charge is 0.201 e. The van der Waals surface area contributed by atoms with Crippen LogP contribution in [0.2, 0.25) is 0 Å². The van der Waals surface area contributed by atoms with Crippen LogP contribution in [0.5, 0.6) is 34.5 Å². The average Bonchev–Trinajstić information content (AvgIpc) is 2.39. The minimum absolute atomic E-state index is 0.416. The van der Waals surface area contributed by atoms with Gasteiger partial charge in [-0.3, -0.25) is 4.79 Å². The van der Waals surface area contributed by atoms with Crippen LogP contribution in [0.1, 0.15) is 15.9 Å². The van der Waals surface area contributed by atoms with Gasteiger partial charge in [0.05, 0.1) is 11.1 Å². The van der Waals surface area contributed by atoms with Crippen molar-refractivity contribution in [3.05, 3.63) is 35.4 Å². The molecule has 0 saturated heterocycles. The third-order valence-corrected chi connectivity index (χ3v) is 2.69. The maximum atomic E-state index is 12.1. The molecule has 0 spiro atoms. The Hall–Kier alpha value is -3.09.